The highest BCUT2D eigenvalue weighted by Crippen LogP contribution is 2.30. The van der Waals surface area contributed by atoms with Crippen LogP contribution in [0.2, 0.25) is 5.02 Å². The van der Waals surface area contributed by atoms with Crippen LogP contribution in [0.15, 0.2) is 40.9 Å². The van der Waals surface area contributed by atoms with Gasteiger partial charge in [-0.25, -0.2) is 0 Å². The van der Waals surface area contributed by atoms with Crippen LogP contribution in [0, 0.1) is 10.1 Å². The molecule has 0 saturated carbocycles. The summed E-state index contributed by atoms with van der Waals surface area (Å²) in [5, 5.41) is 14.5. The average Bonchev–Trinajstić information content (AvgIpc) is 2.47. The standard InChI is InChI=1S/C14H12BrClN2O3/c1-21-14-4-2-3-12(16)10(14)8-17-13-7-9(18(19)20)5-6-11(13)15/h2-7,17H,8H2,1H3. The molecule has 5 nitrogen and oxygen atoms in total. The molecule has 2 aromatic carbocycles. The van der Waals surface area contributed by atoms with Gasteiger partial charge in [-0.3, -0.25) is 10.1 Å². The third kappa shape index (κ3) is 3.65. The van der Waals surface area contributed by atoms with E-state index >= 15 is 0 Å². The fraction of sp³-hybridized carbons (Fsp3) is 0.143. The number of nitro benzene ring substituents is 1. The van der Waals surface area contributed by atoms with Gasteiger partial charge >= 0.3 is 0 Å². The van der Waals surface area contributed by atoms with Gasteiger partial charge < -0.3 is 10.1 Å². The summed E-state index contributed by atoms with van der Waals surface area (Å²) >= 11 is 9.51. The Balaban J connectivity index is 2.24. The van der Waals surface area contributed by atoms with Crippen molar-refractivity contribution in [2.24, 2.45) is 0 Å². The van der Waals surface area contributed by atoms with Crippen LogP contribution < -0.4 is 10.1 Å². The first-order valence-corrected chi connectivity index (χ1v) is 7.19. The zero-order valence-corrected chi connectivity index (χ0v) is 13.4. The number of benzene rings is 2. The van der Waals surface area contributed by atoms with Gasteiger partial charge in [0.15, 0.2) is 0 Å². The number of rotatable bonds is 5. The smallest absolute Gasteiger partial charge is 0.271 e. The van der Waals surface area contributed by atoms with E-state index in [2.05, 4.69) is 21.2 Å². The van der Waals surface area contributed by atoms with Crippen molar-refractivity contribution in [3.05, 3.63) is 61.6 Å². The van der Waals surface area contributed by atoms with E-state index in [-0.39, 0.29) is 5.69 Å². The fourth-order valence-electron chi connectivity index (χ4n) is 1.85. The summed E-state index contributed by atoms with van der Waals surface area (Å²) in [5.41, 5.74) is 1.43. The van der Waals surface area contributed by atoms with Crippen molar-refractivity contribution in [3.8, 4) is 5.75 Å². The van der Waals surface area contributed by atoms with E-state index in [1.165, 1.54) is 12.1 Å². The molecule has 0 aliphatic rings. The van der Waals surface area contributed by atoms with Gasteiger partial charge in [-0.05, 0) is 34.1 Å². The minimum Gasteiger partial charge on any atom is -0.496 e. The molecule has 0 heterocycles. The molecule has 0 spiro atoms. The van der Waals surface area contributed by atoms with Crippen molar-refractivity contribution in [2.45, 2.75) is 6.54 Å². The lowest BCUT2D eigenvalue weighted by Gasteiger charge is -2.13. The third-order valence-electron chi connectivity index (χ3n) is 2.91. The van der Waals surface area contributed by atoms with Gasteiger partial charge in [0, 0.05) is 33.7 Å². The number of hydrogen-bond acceptors (Lipinski definition) is 4. The van der Waals surface area contributed by atoms with Gasteiger partial charge in [0.2, 0.25) is 0 Å². The lowest BCUT2D eigenvalue weighted by atomic mass is 10.2. The molecule has 0 amide bonds. The maximum Gasteiger partial charge on any atom is 0.271 e. The number of halogens is 2. The summed E-state index contributed by atoms with van der Waals surface area (Å²) in [6.45, 7) is 0.391. The molecule has 21 heavy (non-hydrogen) atoms. The summed E-state index contributed by atoms with van der Waals surface area (Å²) < 4.78 is 6.00. The Morgan fingerprint density at radius 2 is 2.14 bits per heavy atom. The van der Waals surface area contributed by atoms with Crippen LogP contribution in [0.1, 0.15) is 5.56 Å². The molecule has 1 N–H and O–H groups in total. The molecule has 0 radical (unpaired) electrons. The summed E-state index contributed by atoms with van der Waals surface area (Å²) in [4.78, 5) is 10.4. The molecule has 2 rings (SSSR count). The van der Waals surface area contributed by atoms with Crippen LogP contribution in [-0.4, -0.2) is 12.0 Å². The fourth-order valence-corrected chi connectivity index (χ4v) is 2.47. The maximum atomic E-state index is 10.8. The highest BCUT2D eigenvalue weighted by Gasteiger charge is 2.11. The number of nitro groups is 1. The van der Waals surface area contributed by atoms with Gasteiger partial charge in [-0.1, -0.05) is 17.7 Å². The second kappa shape index (κ2) is 6.78. The van der Waals surface area contributed by atoms with Gasteiger partial charge in [-0.15, -0.1) is 0 Å². The average molecular weight is 372 g/mol. The predicted molar refractivity (Wildman–Crippen MR) is 86.1 cm³/mol. The normalized spacial score (nSPS) is 10.2. The molecule has 0 fully saturated rings. The number of nitrogens with one attached hydrogen (secondary N) is 1. The molecule has 0 aliphatic heterocycles. The molecule has 0 atom stereocenters. The second-order valence-electron chi connectivity index (χ2n) is 4.20. The highest BCUT2D eigenvalue weighted by molar-refractivity contribution is 9.10. The summed E-state index contributed by atoms with van der Waals surface area (Å²) in [5.74, 6) is 0.663. The number of non-ortho nitro benzene ring substituents is 1. The maximum absolute atomic E-state index is 10.8. The summed E-state index contributed by atoms with van der Waals surface area (Å²) in [7, 11) is 1.57. The van der Waals surface area contributed by atoms with Crippen LogP contribution in [0.5, 0.6) is 5.75 Å². The van der Waals surface area contributed by atoms with E-state index < -0.39 is 4.92 Å². The number of ether oxygens (including phenoxy) is 1. The van der Waals surface area contributed by atoms with Crippen molar-refractivity contribution in [1.82, 2.24) is 0 Å². The van der Waals surface area contributed by atoms with Crippen molar-refractivity contribution >= 4 is 38.9 Å². The van der Waals surface area contributed by atoms with Gasteiger partial charge in [0.25, 0.3) is 5.69 Å². The summed E-state index contributed by atoms with van der Waals surface area (Å²) in [6, 6.07) is 9.91. The van der Waals surface area contributed by atoms with E-state index in [1.807, 2.05) is 6.07 Å². The minimum absolute atomic E-state index is 0.0202. The van der Waals surface area contributed by atoms with Gasteiger partial charge in [-0.2, -0.15) is 0 Å². The van der Waals surface area contributed by atoms with Gasteiger partial charge in [0.1, 0.15) is 5.75 Å². The first kappa shape index (κ1) is 15.6. The van der Waals surface area contributed by atoms with Crippen LogP contribution in [0.3, 0.4) is 0 Å². The second-order valence-corrected chi connectivity index (χ2v) is 5.46. The number of methoxy groups -OCH3 is 1. The summed E-state index contributed by atoms with van der Waals surface area (Å²) in [6.07, 6.45) is 0. The number of hydrogen-bond donors (Lipinski definition) is 1. The topological polar surface area (TPSA) is 64.4 Å². The van der Waals surface area contributed by atoms with Crippen molar-refractivity contribution in [2.75, 3.05) is 12.4 Å². The lowest BCUT2D eigenvalue weighted by Crippen LogP contribution is -2.03. The first-order valence-electron chi connectivity index (χ1n) is 6.02. The SMILES string of the molecule is COc1cccc(Cl)c1CNc1cc([N+](=O)[O-])ccc1Br. The van der Waals surface area contributed by atoms with Crippen LogP contribution in [0.25, 0.3) is 0 Å². The Kier molecular flexibility index (Phi) is 5.03. The highest BCUT2D eigenvalue weighted by atomic mass is 79.9. The van der Waals surface area contributed by atoms with Gasteiger partial charge in [0.05, 0.1) is 17.7 Å². The first-order chi connectivity index (χ1) is 10.0. The van der Waals surface area contributed by atoms with E-state index in [1.54, 1.807) is 25.3 Å². The minimum atomic E-state index is -0.437. The van der Waals surface area contributed by atoms with E-state index in [0.717, 1.165) is 10.0 Å². The van der Waals surface area contributed by atoms with Crippen LogP contribution >= 0.6 is 27.5 Å². The van der Waals surface area contributed by atoms with Crippen molar-refractivity contribution in [3.63, 3.8) is 0 Å². The van der Waals surface area contributed by atoms with Crippen molar-refractivity contribution in [1.29, 1.82) is 0 Å². The zero-order chi connectivity index (χ0) is 15.4. The molecular formula is C14H12BrClN2O3. The van der Waals surface area contributed by atoms with Crippen LogP contribution in [0.4, 0.5) is 11.4 Å². The number of anilines is 1. The van der Waals surface area contributed by atoms with Crippen LogP contribution in [-0.2, 0) is 6.54 Å². The lowest BCUT2D eigenvalue weighted by molar-refractivity contribution is -0.384. The zero-order valence-electron chi connectivity index (χ0n) is 11.1. The molecule has 0 saturated heterocycles. The molecule has 0 aliphatic carbocycles. The quantitative estimate of drug-likeness (QED) is 0.614. The predicted octanol–water partition coefficient (Wildman–Crippen LogP) is 4.63. The van der Waals surface area contributed by atoms with E-state index in [0.29, 0.717) is 23.0 Å². The molecule has 0 bridgehead atoms. The Hall–Kier alpha value is -1.79. The molecule has 110 valence electrons. The molecule has 0 unspecified atom stereocenters. The Morgan fingerprint density at radius 1 is 1.38 bits per heavy atom. The molecule has 0 aromatic heterocycles. The van der Waals surface area contributed by atoms with E-state index in [9.17, 15) is 10.1 Å². The monoisotopic (exact) mass is 370 g/mol. The Labute approximate surface area is 135 Å². The Bertz CT molecular complexity index is 679. The molecule has 2 aromatic rings. The Morgan fingerprint density at radius 3 is 2.81 bits per heavy atom. The molecular weight excluding hydrogens is 360 g/mol. The third-order valence-corrected chi connectivity index (χ3v) is 3.96. The molecule has 7 heteroatoms. The van der Waals surface area contributed by atoms with E-state index in [4.69, 9.17) is 16.3 Å². The largest absolute Gasteiger partial charge is 0.496 e. The number of nitrogens with zero attached hydrogens (tertiary/aromatic N) is 1. The van der Waals surface area contributed by atoms with Crippen molar-refractivity contribution < 1.29 is 9.66 Å².